The van der Waals surface area contributed by atoms with Crippen LogP contribution in [-0.2, 0) is 19.2 Å². The quantitative estimate of drug-likeness (QED) is 0.330. The number of aliphatic carboxylic acids is 1. The zero-order valence-corrected chi connectivity index (χ0v) is 19.8. The van der Waals surface area contributed by atoms with Crippen molar-refractivity contribution in [2.45, 2.75) is 78.9 Å². The average molecular weight is 444 g/mol. The van der Waals surface area contributed by atoms with Crippen LogP contribution in [0, 0.1) is 45.8 Å². The summed E-state index contributed by atoms with van der Waals surface area (Å²) >= 11 is 0. The van der Waals surface area contributed by atoms with E-state index in [1.165, 1.54) is 0 Å². The lowest BCUT2D eigenvalue weighted by Crippen LogP contribution is -2.64. The minimum absolute atomic E-state index is 0.00995. The molecule has 6 nitrogen and oxygen atoms in total. The van der Waals surface area contributed by atoms with Crippen LogP contribution in [0.1, 0.15) is 72.6 Å². The first-order valence-corrected chi connectivity index (χ1v) is 12.6. The first-order chi connectivity index (χ1) is 15.3. The number of carbonyl (C=O) groups is 2. The van der Waals surface area contributed by atoms with Crippen molar-refractivity contribution in [3.05, 3.63) is 11.6 Å². The molecule has 0 saturated heterocycles. The number of carboxylic acid groups (broad SMARTS) is 1. The number of hydrogen-bond donors (Lipinski definition) is 1. The van der Waals surface area contributed by atoms with E-state index in [-0.39, 0.29) is 17.8 Å². The van der Waals surface area contributed by atoms with Crippen LogP contribution in [0.15, 0.2) is 16.8 Å². The Hall–Kier alpha value is -1.69. The van der Waals surface area contributed by atoms with Crippen LogP contribution in [0.3, 0.4) is 0 Å². The van der Waals surface area contributed by atoms with Crippen molar-refractivity contribution < 1.29 is 24.3 Å². The monoisotopic (exact) mass is 443 g/mol. The lowest BCUT2D eigenvalue weighted by Gasteiger charge is -2.58. The summed E-state index contributed by atoms with van der Waals surface area (Å²) in [6.07, 6.45) is 8.71. The maximum Gasteiger partial charge on any atom is 0.315 e. The number of allylic oxidation sites excluding steroid dienone is 1. The third kappa shape index (κ3) is 2.37. The van der Waals surface area contributed by atoms with E-state index in [2.05, 4.69) is 38.9 Å². The summed E-state index contributed by atoms with van der Waals surface area (Å²) < 4.78 is 5.91. The molecule has 0 aromatic heterocycles. The molecule has 4 unspecified atom stereocenters. The fraction of sp³-hybridized carbons (Fsp3) is 0.808. The minimum atomic E-state index is -1.23. The normalized spacial score (nSPS) is 46.1. The number of rotatable bonds is 8. The number of carbonyl (C=O) groups excluding carboxylic acids is 1. The molecule has 5 aliphatic rings. The van der Waals surface area contributed by atoms with Crippen LogP contribution in [0.2, 0.25) is 0 Å². The predicted octanol–water partition coefficient (Wildman–Crippen LogP) is 4.83. The number of carboxylic acids is 1. The van der Waals surface area contributed by atoms with Crippen molar-refractivity contribution in [3.8, 4) is 0 Å². The lowest BCUT2D eigenvalue weighted by atomic mass is 9.41. The van der Waals surface area contributed by atoms with Crippen molar-refractivity contribution in [2.75, 3.05) is 6.61 Å². The highest BCUT2D eigenvalue weighted by Gasteiger charge is 2.85. The van der Waals surface area contributed by atoms with Crippen LogP contribution in [0.25, 0.3) is 0 Å². The van der Waals surface area contributed by atoms with E-state index in [1.807, 2.05) is 0 Å². The largest absolute Gasteiger partial charge is 0.481 e. The number of hydrogen-bond acceptors (Lipinski definition) is 5. The molecule has 0 spiro atoms. The number of nitrogens with zero attached hydrogens (tertiary/aromatic N) is 1. The van der Waals surface area contributed by atoms with Gasteiger partial charge in [0, 0.05) is 5.41 Å². The van der Waals surface area contributed by atoms with Gasteiger partial charge >= 0.3 is 5.97 Å². The molecule has 176 valence electrons. The van der Waals surface area contributed by atoms with Crippen molar-refractivity contribution >= 4 is 18.0 Å². The molecule has 6 heteroatoms. The van der Waals surface area contributed by atoms with E-state index in [1.54, 1.807) is 0 Å². The van der Waals surface area contributed by atoms with Gasteiger partial charge in [-0.2, -0.15) is 0 Å². The molecule has 0 amide bonds. The fourth-order valence-corrected chi connectivity index (χ4v) is 8.79. The summed E-state index contributed by atoms with van der Waals surface area (Å²) in [5, 5.41) is 15.6. The highest BCUT2D eigenvalue weighted by atomic mass is 16.8. The van der Waals surface area contributed by atoms with Gasteiger partial charge in [-0.05, 0) is 55.3 Å². The summed E-state index contributed by atoms with van der Waals surface area (Å²) in [5.74, 6) is 0.192. The molecule has 0 aromatic rings. The van der Waals surface area contributed by atoms with E-state index in [4.69, 9.17) is 9.57 Å². The Morgan fingerprint density at radius 3 is 2.81 bits per heavy atom. The number of oxime groups is 1. The Balaban J connectivity index is 1.65. The van der Waals surface area contributed by atoms with Gasteiger partial charge in [0.15, 0.2) is 0 Å². The van der Waals surface area contributed by atoms with E-state index in [9.17, 15) is 14.7 Å². The molecule has 0 aromatic carbocycles. The van der Waals surface area contributed by atoms with Crippen LogP contribution in [-0.4, -0.2) is 36.0 Å². The molecular weight excluding hydrogens is 406 g/mol. The number of fused-ring (bicyclic) bond motifs is 2. The Morgan fingerprint density at radius 1 is 1.38 bits per heavy atom. The van der Waals surface area contributed by atoms with E-state index in [0.717, 1.165) is 49.7 Å². The van der Waals surface area contributed by atoms with Gasteiger partial charge in [-0.1, -0.05) is 57.3 Å². The standard InChI is InChI=1S/C26H37NO5/c1-5-6-9-31-22-11-21(27-32-22)25-13-18-16(4)7-8-19(18)24(14-28)12-17(25)10-20(15(2)3)26(24,25)23(29)30/h10,14-19,22H,5-9,11-13H2,1-4H3,(H,29,30)/t16-,17?,18-,19-,22?,24?,25?,26+/m1/s1. The number of unbranched alkanes of at least 4 members (excludes halogenated alkanes) is 1. The lowest BCUT2D eigenvalue weighted by molar-refractivity contribution is -0.173. The van der Waals surface area contributed by atoms with E-state index < -0.39 is 28.5 Å². The molecule has 5 rings (SSSR count). The zero-order chi connectivity index (χ0) is 22.9. The topological polar surface area (TPSA) is 85.2 Å². The summed E-state index contributed by atoms with van der Waals surface area (Å²) in [6, 6.07) is 0. The maximum absolute atomic E-state index is 13.5. The first-order valence-electron chi connectivity index (χ1n) is 12.6. The second-order valence-electron chi connectivity index (χ2n) is 11.3. The first kappa shape index (κ1) is 22.1. The van der Waals surface area contributed by atoms with Gasteiger partial charge in [0.2, 0.25) is 6.29 Å². The van der Waals surface area contributed by atoms with Crippen molar-refractivity contribution in [1.82, 2.24) is 0 Å². The molecule has 32 heavy (non-hydrogen) atoms. The van der Waals surface area contributed by atoms with Gasteiger partial charge in [-0.25, -0.2) is 0 Å². The SMILES string of the molecule is CCCCOC1CC(C23C[C@@H]4[C@H](C)CC[C@H]4C4(C=O)CC2C=C(C(C)C)[C@@]34C(=O)O)=NO1. The number of ether oxygens (including phenoxy) is 1. The Bertz CT molecular complexity index is 879. The molecule has 1 N–H and O–H groups in total. The zero-order valence-electron chi connectivity index (χ0n) is 19.8. The molecule has 4 aliphatic carbocycles. The number of aldehydes is 1. The summed E-state index contributed by atoms with van der Waals surface area (Å²) in [7, 11) is 0. The smallest absolute Gasteiger partial charge is 0.315 e. The maximum atomic E-state index is 13.5. The van der Waals surface area contributed by atoms with Gasteiger partial charge < -0.3 is 19.5 Å². The van der Waals surface area contributed by atoms with Gasteiger partial charge in [0.1, 0.15) is 11.7 Å². The highest BCUT2D eigenvalue weighted by molar-refractivity contribution is 6.03. The molecule has 3 fully saturated rings. The Labute approximate surface area is 190 Å². The molecule has 3 saturated carbocycles. The summed E-state index contributed by atoms with van der Waals surface area (Å²) in [4.78, 5) is 32.3. The van der Waals surface area contributed by atoms with E-state index in [0.29, 0.717) is 31.3 Å². The second-order valence-corrected chi connectivity index (χ2v) is 11.3. The highest BCUT2D eigenvalue weighted by Crippen LogP contribution is 2.83. The summed E-state index contributed by atoms with van der Waals surface area (Å²) in [6.45, 7) is 9.14. The molecular formula is C26H37NO5. The third-order valence-electron chi connectivity index (χ3n) is 9.88. The summed E-state index contributed by atoms with van der Waals surface area (Å²) in [5.41, 5.74) is -1.03. The second kappa shape index (κ2) is 7.41. The molecule has 8 atom stereocenters. The third-order valence-corrected chi connectivity index (χ3v) is 9.88. The van der Waals surface area contributed by atoms with Crippen LogP contribution >= 0.6 is 0 Å². The minimum Gasteiger partial charge on any atom is -0.481 e. The molecule has 4 bridgehead atoms. The van der Waals surface area contributed by atoms with Gasteiger partial charge in [-0.3, -0.25) is 4.79 Å². The van der Waals surface area contributed by atoms with Crippen molar-refractivity contribution in [1.29, 1.82) is 0 Å². The molecule has 1 aliphatic heterocycles. The van der Waals surface area contributed by atoms with Gasteiger partial charge in [0.05, 0.1) is 24.2 Å². The van der Waals surface area contributed by atoms with Crippen molar-refractivity contribution in [2.24, 2.45) is 51.0 Å². The van der Waals surface area contributed by atoms with Crippen LogP contribution < -0.4 is 0 Å². The average Bonchev–Trinajstić information content (AvgIpc) is 3.48. The van der Waals surface area contributed by atoms with E-state index >= 15 is 0 Å². The Morgan fingerprint density at radius 2 is 2.16 bits per heavy atom. The predicted molar refractivity (Wildman–Crippen MR) is 120 cm³/mol. The van der Waals surface area contributed by atoms with Crippen LogP contribution in [0.5, 0.6) is 0 Å². The molecule has 1 heterocycles. The van der Waals surface area contributed by atoms with Gasteiger partial charge in [-0.15, -0.1) is 0 Å². The van der Waals surface area contributed by atoms with Gasteiger partial charge in [0.25, 0.3) is 0 Å². The fourth-order valence-electron chi connectivity index (χ4n) is 8.79. The molecule has 0 radical (unpaired) electrons. The van der Waals surface area contributed by atoms with Crippen molar-refractivity contribution in [3.63, 3.8) is 0 Å². The Kier molecular flexibility index (Phi) is 5.12. The van der Waals surface area contributed by atoms with Crippen LogP contribution in [0.4, 0.5) is 0 Å².